The molecule has 3 aromatic rings. The predicted octanol–water partition coefficient (Wildman–Crippen LogP) is 5.09. The smallest absolute Gasteiger partial charge is 0.418 e. The number of carbonyl (C=O) groups is 1. The summed E-state index contributed by atoms with van der Waals surface area (Å²) in [5.74, 6) is 0.286. The number of hydrogen-bond acceptors (Lipinski definition) is 4. The van der Waals surface area contributed by atoms with E-state index in [2.05, 4.69) is 15.8 Å². The average molecular weight is 410 g/mol. The topological polar surface area (TPSA) is 67.2 Å². The van der Waals surface area contributed by atoms with E-state index in [0.29, 0.717) is 22.2 Å². The molecule has 0 aliphatic rings. The van der Waals surface area contributed by atoms with Crippen LogP contribution in [-0.4, -0.2) is 10.9 Å². The first kappa shape index (κ1) is 19.8. The van der Waals surface area contributed by atoms with Crippen molar-refractivity contribution < 1.29 is 22.4 Å². The van der Waals surface area contributed by atoms with Crippen LogP contribution in [-0.2, 0) is 17.4 Å². The number of hydrogen-bond donors (Lipinski definition) is 2. The number of amides is 1. The molecule has 0 radical (unpaired) electrons. The lowest BCUT2D eigenvalue weighted by atomic mass is 10.2. The minimum Gasteiger partial charge on any atom is -0.441 e. The van der Waals surface area contributed by atoms with Gasteiger partial charge in [0.25, 0.3) is 0 Å². The highest BCUT2D eigenvalue weighted by Crippen LogP contribution is 2.34. The average Bonchev–Trinajstić information content (AvgIpc) is 3.13. The van der Waals surface area contributed by atoms with Crippen molar-refractivity contribution in [3.63, 3.8) is 0 Å². The number of alkyl halides is 3. The Balaban J connectivity index is 1.56. The highest BCUT2D eigenvalue weighted by atomic mass is 35.5. The molecule has 0 saturated heterocycles. The number of aryl methyl sites for hydroxylation is 1. The molecule has 0 spiro atoms. The van der Waals surface area contributed by atoms with Crippen LogP contribution in [0.1, 0.15) is 17.9 Å². The van der Waals surface area contributed by atoms with E-state index in [4.69, 9.17) is 16.0 Å². The Labute approximate surface area is 163 Å². The number of para-hydroxylation sites is 1. The quantitative estimate of drug-likeness (QED) is 0.556. The summed E-state index contributed by atoms with van der Waals surface area (Å²) in [6, 6.07) is 12.0. The van der Waals surface area contributed by atoms with Crippen molar-refractivity contribution in [1.29, 1.82) is 0 Å². The van der Waals surface area contributed by atoms with Crippen LogP contribution in [0.2, 0.25) is 5.02 Å². The molecular formula is C19H15ClF3N3O2. The molecule has 0 atom stereocenters. The zero-order valence-electron chi connectivity index (χ0n) is 14.4. The molecule has 2 N–H and O–H groups in total. The molecule has 3 rings (SSSR count). The third-order valence-electron chi connectivity index (χ3n) is 3.83. The molecular weight excluding hydrogens is 395 g/mol. The number of nitrogens with zero attached hydrogens (tertiary/aromatic N) is 1. The SMILES string of the molecule is O=C(CCc1ncc(-c2ccccc2Cl)o1)NNc1ccccc1C(F)(F)F. The predicted molar refractivity (Wildman–Crippen MR) is 98.5 cm³/mol. The molecule has 2 aromatic carbocycles. The molecule has 1 aromatic heterocycles. The van der Waals surface area contributed by atoms with Crippen LogP contribution in [0.4, 0.5) is 18.9 Å². The fourth-order valence-electron chi connectivity index (χ4n) is 2.47. The Kier molecular flexibility index (Phi) is 5.89. The Morgan fingerprint density at radius 2 is 1.82 bits per heavy atom. The van der Waals surface area contributed by atoms with Crippen molar-refractivity contribution in [2.75, 3.05) is 5.43 Å². The highest BCUT2D eigenvalue weighted by molar-refractivity contribution is 6.33. The van der Waals surface area contributed by atoms with E-state index in [9.17, 15) is 18.0 Å². The number of anilines is 1. The van der Waals surface area contributed by atoms with Crippen LogP contribution in [0.5, 0.6) is 0 Å². The van der Waals surface area contributed by atoms with Gasteiger partial charge in [0.15, 0.2) is 11.7 Å². The lowest BCUT2D eigenvalue weighted by Crippen LogP contribution is -2.30. The molecule has 146 valence electrons. The van der Waals surface area contributed by atoms with E-state index in [1.165, 1.54) is 24.4 Å². The molecule has 1 amide bonds. The van der Waals surface area contributed by atoms with Crippen molar-refractivity contribution in [2.45, 2.75) is 19.0 Å². The molecule has 0 aliphatic carbocycles. The maximum Gasteiger partial charge on any atom is 0.418 e. The van der Waals surface area contributed by atoms with Gasteiger partial charge in [-0.3, -0.25) is 15.6 Å². The van der Waals surface area contributed by atoms with Gasteiger partial charge in [-0.25, -0.2) is 4.98 Å². The van der Waals surface area contributed by atoms with Crippen LogP contribution < -0.4 is 10.9 Å². The van der Waals surface area contributed by atoms with E-state index in [-0.39, 0.29) is 18.5 Å². The largest absolute Gasteiger partial charge is 0.441 e. The third-order valence-corrected chi connectivity index (χ3v) is 4.16. The Hall–Kier alpha value is -3.00. The Morgan fingerprint density at radius 1 is 1.11 bits per heavy atom. The van der Waals surface area contributed by atoms with Gasteiger partial charge in [0.1, 0.15) is 0 Å². The van der Waals surface area contributed by atoms with Gasteiger partial charge in [-0.05, 0) is 24.3 Å². The number of halogens is 4. The van der Waals surface area contributed by atoms with Gasteiger partial charge in [-0.2, -0.15) is 13.2 Å². The molecule has 1 heterocycles. The standard InChI is InChI=1S/C19H15ClF3N3O2/c20-14-7-3-1-5-12(14)16-11-24-18(28-16)10-9-17(27)26-25-15-8-4-2-6-13(15)19(21,22)23/h1-8,11,25H,9-10H2,(H,26,27). The Morgan fingerprint density at radius 3 is 2.57 bits per heavy atom. The maximum atomic E-state index is 12.9. The van der Waals surface area contributed by atoms with Crippen molar-refractivity contribution in [2.24, 2.45) is 0 Å². The number of rotatable bonds is 6. The van der Waals surface area contributed by atoms with Gasteiger partial charge in [-0.15, -0.1) is 0 Å². The molecule has 28 heavy (non-hydrogen) atoms. The number of oxazole rings is 1. The molecule has 0 saturated carbocycles. The number of hydrazine groups is 1. The van der Waals surface area contributed by atoms with E-state index >= 15 is 0 Å². The second-order valence-electron chi connectivity index (χ2n) is 5.81. The van der Waals surface area contributed by atoms with Gasteiger partial charge >= 0.3 is 6.18 Å². The molecule has 0 bridgehead atoms. The van der Waals surface area contributed by atoms with Gasteiger partial charge in [0.05, 0.1) is 22.5 Å². The summed E-state index contributed by atoms with van der Waals surface area (Å²) >= 11 is 6.10. The molecule has 0 aliphatic heterocycles. The highest BCUT2D eigenvalue weighted by Gasteiger charge is 2.33. The van der Waals surface area contributed by atoms with Crippen molar-refractivity contribution in [3.05, 3.63) is 71.2 Å². The minimum absolute atomic E-state index is 0.0241. The zero-order chi connectivity index (χ0) is 20.1. The second kappa shape index (κ2) is 8.35. The van der Waals surface area contributed by atoms with Crippen molar-refractivity contribution in [1.82, 2.24) is 10.4 Å². The fraction of sp³-hybridized carbons (Fsp3) is 0.158. The summed E-state index contributed by atoms with van der Waals surface area (Å²) in [5.41, 5.74) is 4.13. The maximum absolute atomic E-state index is 12.9. The van der Waals surface area contributed by atoms with Crippen molar-refractivity contribution in [3.8, 4) is 11.3 Å². The monoisotopic (exact) mass is 409 g/mol. The first-order chi connectivity index (χ1) is 13.3. The summed E-state index contributed by atoms with van der Waals surface area (Å²) in [4.78, 5) is 16.0. The van der Waals surface area contributed by atoms with Crippen molar-refractivity contribution >= 4 is 23.2 Å². The van der Waals surface area contributed by atoms with Crippen LogP contribution in [0.25, 0.3) is 11.3 Å². The summed E-state index contributed by atoms with van der Waals surface area (Å²) < 4.78 is 44.4. The molecule has 0 unspecified atom stereocenters. The van der Waals surface area contributed by atoms with Crippen LogP contribution in [0, 0.1) is 0 Å². The lowest BCUT2D eigenvalue weighted by molar-refractivity contribution is -0.137. The number of carbonyl (C=O) groups excluding carboxylic acids is 1. The number of benzene rings is 2. The second-order valence-corrected chi connectivity index (χ2v) is 6.22. The number of nitrogens with one attached hydrogen (secondary N) is 2. The normalized spacial score (nSPS) is 11.3. The summed E-state index contributed by atoms with van der Waals surface area (Å²) in [6.07, 6.45) is -2.86. The molecule has 0 fully saturated rings. The van der Waals surface area contributed by atoms with Crippen LogP contribution in [0.3, 0.4) is 0 Å². The van der Waals surface area contributed by atoms with E-state index in [1.807, 2.05) is 0 Å². The Bertz CT molecular complexity index is 973. The van der Waals surface area contributed by atoms with Crippen LogP contribution >= 0.6 is 11.6 Å². The number of aromatic nitrogens is 1. The summed E-state index contributed by atoms with van der Waals surface area (Å²) in [6.45, 7) is 0. The van der Waals surface area contributed by atoms with Gasteiger partial charge in [0.2, 0.25) is 5.91 Å². The van der Waals surface area contributed by atoms with Gasteiger partial charge in [0, 0.05) is 18.4 Å². The third kappa shape index (κ3) is 4.83. The first-order valence-electron chi connectivity index (χ1n) is 8.25. The zero-order valence-corrected chi connectivity index (χ0v) is 15.1. The van der Waals surface area contributed by atoms with E-state index in [0.717, 1.165) is 6.07 Å². The summed E-state index contributed by atoms with van der Waals surface area (Å²) in [7, 11) is 0. The minimum atomic E-state index is -4.53. The first-order valence-corrected chi connectivity index (χ1v) is 8.63. The summed E-state index contributed by atoms with van der Waals surface area (Å²) in [5, 5.41) is 0.510. The molecule has 5 nitrogen and oxygen atoms in total. The molecule has 9 heteroatoms. The lowest BCUT2D eigenvalue weighted by Gasteiger charge is -2.14. The van der Waals surface area contributed by atoms with Gasteiger partial charge in [-0.1, -0.05) is 35.9 Å². The van der Waals surface area contributed by atoms with Gasteiger partial charge < -0.3 is 4.42 Å². The van der Waals surface area contributed by atoms with Crippen LogP contribution in [0.15, 0.2) is 59.1 Å². The fourth-order valence-corrected chi connectivity index (χ4v) is 2.70. The van der Waals surface area contributed by atoms with E-state index < -0.39 is 17.6 Å². The van der Waals surface area contributed by atoms with E-state index in [1.54, 1.807) is 24.3 Å².